The zero-order chi connectivity index (χ0) is 13.9. The van der Waals surface area contributed by atoms with Crippen molar-refractivity contribution >= 4 is 10.8 Å². The largest absolute Gasteiger partial charge is 0.496 e. The maximum absolute atomic E-state index is 5.48. The number of rotatable bonds is 3. The summed E-state index contributed by atoms with van der Waals surface area (Å²) in [6.45, 7) is 2.22. The number of hydrogen-bond donors (Lipinski definition) is 0. The van der Waals surface area contributed by atoms with Gasteiger partial charge in [-0.1, -0.05) is 67.6 Å². The van der Waals surface area contributed by atoms with Gasteiger partial charge in [-0.3, -0.25) is 0 Å². The second-order valence-corrected chi connectivity index (χ2v) is 5.07. The highest BCUT2D eigenvalue weighted by Gasteiger charge is 2.13. The van der Waals surface area contributed by atoms with Crippen molar-refractivity contribution in [2.75, 3.05) is 7.11 Å². The van der Waals surface area contributed by atoms with Gasteiger partial charge in [-0.25, -0.2) is 0 Å². The Balaban J connectivity index is 2.05. The highest BCUT2D eigenvalue weighted by atomic mass is 16.5. The first-order chi connectivity index (χ1) is 9.79. The molecule has 0 fully saturated rings. The van der Waals surface area contributed by atoms with E-state index in [2.05, 4.69) is 61.5 Å². The molecule has 0 spiro atoms. The molecule has 3 rings (SSSR count). The van der Waals surface area contributed by atoms with Crippen molar-refractivity contribution in [2.45, 2.75) is 12.8 Å². The maximum Gasteiger partial charge on any atom is 0.122 e. The molecule has 0 amide bonds. The molecule has 0 aliphatic rings. The van der Waals surface area contributed by atoms with Gasteiger partial charge >= 0.3 is 0 Å². The third-order valence-electron chi connectivity index (χ3n) is 3.88. The van der Waals surface area contributed by atoms with Crippen molar-refractivity contribution in [3.63, 3.8) is 0 Å². The van der Waals surface area contributed by atoms with E-state index >= 15 is 0 Å². The zero-order valence-corrected chi connectivity index (χ0v) is 11.8. The molecule has 1 heteroatoms. The van der Waals surface area contributed by atoms with Crippen LogP contribution in [0.4, 0.5) is 0 Å². The van der Waals surface area contributed by atoms with Crippen LogP contribution in [0.15, 0.2) is 66.7 Å². The lowest BCUT2D eigenvalue weighted by molar-refractivity contribution is 0.408. The van der Waals surface area contributed by atoms with Crippen LogP contribution in [0.5, 0.6) is 5.75 Å². The fourth-order valence-corrected chi connectivity index (χ4v) is 2.68. The molecule has 1 nitrogen and oxygen atoms in total. The summed E-state index contributed by atoms with van der Waals surface area (Å²) in [6, 6.07) is 23.4. The summed E-state index contributed by atoms with van der Waals surface area (Å²) >= 11 is 0. The van der Waals surface area contributed by atoms with Gasteiger partial charge in [0.15, 0.2) is 0 Å². The van der Waals surface area contributed by atoms with Crippen LogP contribution in [0.2, 0.25) is 0 Å². The first-order valence-electron chi connectivity index (χ1n) is 6.91. The molecule has 0 aliphatic carbocycles. The Bertz CT molecular complexity index is 730. The minimum Gasteiger partial charge on any atom is -0.496 e. The minimum atomic E-state index is 0.316. The average molecular weight is 262 g/mol. The van der Waals surface area contributed by atoms with Crippen LogP contribution in [0.25, 0.3) is 10.8 Å². The van der Waals surface area contributed by atoms with Crippen LogP contribution in [-0.4, -0.2) is 7.11 Å². The molecule has 1 unspecified atom stereocenters. The van der Waals surface area contributed by atoms with E-state index in [1.165, 1.54) is 21.9 Å². The molecule has 0 N–H and O–H groups in total. The van der Waals surface area contributed by atoms with Gasteiger partial charge in [-0.05, 0) is 22.4 Å². The van der Waals surface area contributed by atoms with Crippen molar-refractivity contribution in [3.05, 3.63) is 77.9 Å². The summed E-state index contributed by atoms with van der Waals surface area (Å²) in [5.41, 5.74) is 2.54. The Morgan fingerprint density at radius 3 is 2.30 bits per heavy atom. The van der Waals surface area contributed by atoms with Gasteiger partial charge in [0.25, 0.3) is 0 Å². The van der Waals surface area contributed by atoms with Crippen LogP contribution in [0.3, 0.4) is 0 Å². The van der Waals surface area contributed by atoms with Gasteiger partial charge in [0.05, 0.1) is 7.11 Å². The minimum absolute atomic E-state index is 0.316. The van der Waals surface area contributed by atoms with Gasteiger partial charge < -0.3 is 4.74 Å². The third-order valence-corrected chi connectivity index (χ3v) is 3.88. The number of fused-ring (bicyclic) bond motifs is 1. The van der Waals surface area contributed by atoms with E-state index in [9.17, 15) is 0 Å². The lowest BCUT2D eigenvalue weighted by Gasteiger charge is -2.16. The van der Waals surface area contributed by atoms with Gasteiger partial charge in [0, 0.05) is 11.5 Å². The van der Waals surface area contributed by atoms with Gasteiger partial charge in [-0.2, -0.15) is 0 Å². The van der Waals surface area contributed by atoms with Crippen molar-refractivity contribution < 1.29 is 4.74 Å². The number of ether oxygens (including phenoxy) is 1. The second kappa shape index (κ2) is 5.38. The molecular formula is C19H18O. The molecule has 0 aromatic heterocycles. The SMILES string of the molecule is COc1ccccc1C(C)c1ccc2ccccc2c1. The molecule has 0 saturated heterocycles. The first-order valence-corrected chi connectivity index (χ1v) is 6.91. The standard InChI is InChI=1S/C19H18O/c1-14(18-9-5-6-10-19(18)20-2)16-12-11-15-7-3-4-8-17(15)13-16/h3-14H,1-2H3. The quantitative estimate of drug-likeness (QED) is 0.645. The van der Waals surface area contributed by atoms with E-state index in [4.69, 9.17) is 4.74 Å². The van der Waals surface area contributed by atoms with E-state index < -0.39 is 0 Å². The van der Waals surface area contributed by atoms with E-state index in [1.807, 2.05) is 12.1 Å². The molecule has 0 bridgehead atoms. The van der Waals surface area contributed by atoms with E-state index in [1.54, 1.807) is 7.11 Å². The van der Waals surface area contributed by atoms with Crippen LogP contribution < -0.4 is 4.74 Å². The molecule has 0 heterocycles. The Morgan fingerprint density at radius 2 is 1.50 bits per heavy atom. The van der Waals surface area contributed by atoms with E-state index in [0.29, 0.717) is 5.92 Å². The summed E-state index contributed by atoms with van der Waals surface area (Å²) in [4.78, 5) is 0. The van der Waals surface area contributed by atoms with Crippen LogP contribution in [0, 0.1) is 0 Å². The molecule has 0 saturated carbocycles. The molecule has 3 aromatic rings. The van der Waals surface area contributed by atoms with Gasteiger partial charge in [0.2, 0.25) is 0 Å². The predicted octanol–water partition coefficient (Wildman–Crippen LogP) is 5.00. The molecule has 0 radical (unpaired) electrons. The summed E-state index contributed by atoms with van der Waals surface area (Å²) in [5.74, 6) is 1.27. The molecule has 100 valence electrons. The lowest BCUT2D eigenvalue weighted by Crippen LogP contribution is -1.99. The molecule has 1 atom stereocenters. The summed E-state index contributed by atoms with van der Waals surface area (Å²) < 4.78 is 5.48. The fourth-order valence-electron chi connectivity index (χ4n) is 2.68. The fraction of sp³-hybridized carbons (Fsp3) is 0.158. The number of methoxy groups -OCH3 is 1. The Morgan fingerprint density at radius 1 is 0.800 bits per heavy atom. The normalized spacial score (nSPS) is 12.3. The van der Waals surface area contributed by atoms with E-state index in [0.717, 1.165) is 5.75 Å². The molecule has 20 heavy (non-hydrogen) atoms. The summed E-state index contributed by atoms with van der Waals surface area (Å²) in [6.07, 6.45) is 0. The topological polar surface area (TPSA) is 9.23 Å². The zero-order valence-electron chi connectivity index (χ0n) is 11.8. The first kappa shape index (κ1) is 12.7. The van der Waals surface area contributed by atoms with Crippen molar-refractivity contribution in [1.29, 1.82) is 0 Å². The molecular weight excluding hydrogens is 244 g/mol. The molecule has 0 aliphatic heterocycles. The third kappa shape index (κ3) is 2.27. The smallest absolute Gasteiger partial charge is 0.122 e. The van der Waals surface area contributed by atoms with Crippen LogP contribution >= 0.6 is 0 Å². The number of para-hydroxylation sites is 1. The number of benzene rings is 3. The maximum atomic E-state index is 5.48. The second-order valence-electron chi connectivity index (χ2n) is 5.07. The molecule has 3 aromatic carbocycles. The van der Waals surface area contributed by atoms with Crippen molar-refractivity contribution in [1.82, 2.24) is 0 Å². The average Bonchev–Trinajstić information content (AvgIpc) is 2.53. The number of hydrogen-bond acceptors (Lipinski definition) is 1. The summed E-state index contributed by atoms with van der Waals surface area (Å²) in [5, 5.41) is 2.57. The monoisotopic (exact) mass is 262 g/mol. The highest BCUT2D eigenvalue weighted by molar-refractivity contribution is 5.83. The van der Waals surface area contributed by atoms with Crippen LogP contribution in [0.1, 0.15) is 24.0 Å². The summed E-state index contributed by atoms with van der Waals surface area (Å²) in [7, 11) is 1.73. The van der Waals surface area contributed by atoms with Gasteiger partial charge in [-0.15, -0.1) is 0 Å². The Hall–Kier alpha value is -2.28. The predicted molar refractivity (Wildman–Crippen MR) is 84.5 cm³/mol. The van der Waals surface area contributed by atoms with Crippen molar-refractivity contribution in [2.24, 2.45) is 0 Å². The Kier molecular flexibility index (Phi) is 3.42. The van der Waals surface area contributed by atoms with E-state index in [-0.39, 0.29) is 0 Å². The lowest BCUT2D eigenvalue weighted by atomic mass is 9.91. The van der Waals surface area contributed by atoms with Crippen LogP contribution in [-0.2, 0) is 0 Å². The highest BCUT2D eigenvalue weighted by Crippen LogP contribution is 2.32. The van der Waals surface area contributed by atoms with Crippen molar-refractivity contribution in [3.8, 4) is 5.75 Å². The van der Waals surface area contributed by atoms with Gasteiger partial charge in [0.1, 0.15) is 5.75 Å². The Labute approximate surface area is 119 Å².